The summed E-state index contributed by atoms with van der Waals surface area (Å²) in [5, 5.41) is 8.39. The fourth-order valence-electron chi connectivity index (χ4n) is 0.964. The molecule has 0 aromatic heterocycles. The van der Waals surface area contributed by atoms with E-state index in [0.29, 0.717) is 0 Å². The van der Waals surface area contributed by atoms with Crippen LogP contribution in [0.4, 0.5) is 8.78 Å². The Morgan fingerprint density at radius 1 is 1.42 bits per heavy atom. The number of benzene rings is 1. The van der Waals surface area contributed by atoms with E-state index in [9.17, 15) is 8.78 Å². The summed E-state index contributed by atoms with van der Waals surface area (Å²) in [6.45, 7) is 0.591. The lowest BCUT2D eigenvalue weighted by Crippen LogP contribution is -2.18. The van der Waals surface area contributed by atoms with Gasteiger partial charge in [-0.05, 0) is 6.92 Å². The van der Waals surface area contributed by atoms with Gasteiger partial charge in [-0.3, -0.25) is 0 Å². The summed E-state index contributed by atoms with van der Waals surface area (Å²) in [5.74, 6) is -3.12. The smallest absolute Gasteiger partial charge is 0.295 e. The van der Waals surface area contributed by atoms with E-state index in [1.807, 2.05) is 0 Å². The molecule has 0 unspecified atom stereocenters. The Hall–Kier alpha value is -0.960. The van der Waals surface area contributed by atoms with Crippen molar-refractivity contribution >= 4 is 0 Å². The Kier molecular flexibility index (Phi) is 2.43. The maximum Gasteiger partial charge on any atom is 0.295 e. The standard InChI is InChI=1S/C9H10F2O/c1-7-3-2-4-8(5-7)9(10,11)6-12/h2-5,12H,6H2,1H3. The molecule has 0 atom stereocenters. The summed E-state index contributed by atoms with van der Waals surface area (Å²) in [6.07, 6.45) is 0. The molecule has 1 aromatic rings. The van der Waals surface area contributed by atoms with Gasteiger partial charge in [-0.2, -0.15) is 8.78 Å². The predicted molar refractivity (Wildman–Crippen MR) is 42.2 cm³/mol. The lowest BCUT2D eigenvalue weighted by molar-refractivity contribution is -0.0556. The van der Waals surface area contributed by atoms with Crippen molar-refractivity contribution in [1.29, 1.82) is 0 Å². The Labute approximate surface area is 69.7 Å². The van der Waals surface area contributed by atoms with E-state index in [0.717, 1.165) is 5.56 Å². The minimum Gasteiger partial charge on any atom is -0.390 e. The van der Waals surface area contributed by atoms with Crippen molar-refractivity contribution in [2.45, 2.75) is 12.8 Å². The van der Waals surface area contributed by atoms with Gasteiger partial charge in [-0.1, -0.05) is 29.8 Å². The molecule has 0 amide bonds. The molecule has 1 rings (SSSR count). The maximum atomic E-state index is 12.8. The largest absolute Gasteiger partial charge is 0.390 e. The molecule has 0 fully saturated rings. The van der Waals surface area contributed by atoms with Crippen LogP contribution in [0, 0.1) is 6.92 Å². The average molecular weight is 172 g/mol. The van der Waals surface area contributed by atoms with Crippen molar-refractivity contribution in [2.24, 2.45) is 0 Å². The van der Waals surface area contributed by atoms with Crippen LogP contribution >= 0.6 is 0 Å². The van der Waals surface area contributed by atoms with Gasteiger partial charge in [0.05, 0.1) is 0 Å². The molecular weight excluding hydrogens is 162 g/mol. The molecule has 3 heteroatoms. The first-order chi connectivity index (χ1) is 5.56. The molecular formula is C9H10F2O. The summed E-state index contributed by atoms with van der Waals surface area (Å²) in [5.41, 5.74) is 0.630. The number of hydrogen-bond donors (Lipinski definition) is 1. The van der Waals surface area contributed by atoms with Crippen LogP contribution in [0.1, 0.15) is 11.1 Å². The van der Waals surface area contributed by atoms with Gasteiger partial charge in [0.15, 0.2) is 0 Å². The van der Waals surface area contributed by atoms with Crippen molar-refractivity contribution in [2.75, 3.05) is 6.61 Å². The predicted octanol–water partition coefficient (Wildman–Crippen LogP) is 2.08. The highest BCUT2D eigenvalue weighted by Crippen LogP contribution is 2.27. The molecule has 0 aliphatic rings. The first kappa shape index (κ1) is 9.13. The SMILES string of the molecule is Cc1cccc(C(F)(F)CO)c1. The van der Waals surface area contributed by atoms with Crippen molar-refractivity contribution in [1.82, 2.24) is 0 Å². The van der Waals surface area contributed by atoms with Gasteiger partial charge in [-0.25, -0.2) is 0 Å². The molecule has 0 bridgehead atoms. The van der Waals surface area contributed by atoms with Gasteiger partial charge in [0.1, 0.15) is 6.61 Å². The summed E-state index contributed by atoms with van der Waals surface area (Å²) < 4.78 is 25.6. The topological polar surface area (TPSA) is 20.2 Å². The van der Waals surface area contributed by atoms with E-state index >= 15 is 0 Å². The van der Waals surface area contributed by atoms with E-state index in [4.69, 9.17) is 5.11 Å². The molecule has 0 radical (unpaired) electrons. The van der Waals surface area contributed by atoms with E-state index in [-0.39, 0.29) is 5.56 Å². The molecule has 0 aliphatic carbocycles. The van der Waals surface area contributed by atoms with Gasteiger partial charge in [0, 0.05) is 5.56 Å². The highest BCUT2D eigenvalue weighted by Gasteiger charge is 2.29. The van der Waals surface area contributed by atoms with Crippen LogP contribution in [-0.4, -0.2) is 11.7 Å². The first-order valence-electron chi connectivity index (χ1n) is 3.62. The number of rotatable bonds is 2. The lowest BCUT2D eigenvalue weighted by Gasteiger charge is -2.13. The van der Waals surface area contributed by atoms with Crippen molar-refractivity contribution in [3.8, 4) is 0 Å². The highest BCUT2D eigenvalue weighted by molar-refractivity contribution is 5.25. The van der Waals surface area contributed by atoms with Gasteiger partial charge >= 0.3 is 0 Å². The molecule has 0 saturated carbocycles. The Morgan fingerprint density at radius 2 is 2.08 bits per heavy atom. The lowest BCUT2D eigenvalue weighted by atomic mass is 10.1. The average Bonchev–Trinajstić information content (AvgIpc) is 2.05. The monoisotopic (exact) mass is 172 g/mol. The summed E-state index contributed by atoms with van der Waals surface area (Å²) in [6, 6.07) is 5.96. The van der Waals surface area contributed by atoms with Crippen LogP contribution in [0.25, 0.3) is 0 Å². The van der Waals surface area contributed by atoms with Crippen LogP contribution < -0.4 is 0 Å². The third-order valence-corrected chi connectivity index (χ3v) is 1.64. The Morgan fingerprint density at radius 3 is 2.58 bits per heavy atom. The fraction of sp³-hybridized carbons (Fsp3) is 0.333. The van der Waals surface area contributed by atoms with E-state index in [1.54, 1.807) is 19.1 Å². The number of aryl methyl sites for hydroxylation is 1. The van der Waals surface area contributed by atoms with Crippen molar-refractivity contribution in [3.63, 3.8) is 0 Å². The van der Waals surface area contributed by atoms with E-state index in [1.165, 1.54) is 12.1 Å². The number of alkyl halides is 2. The quantitative estimate of drug-likeness (QED) is 0.724. The number of halogens is 2. The second kappa shape index (κ2) is 3.19. The zero-order valence-corrected chi connectivity index (χ0v) is 6.72. The van der Waals surface area contributed by atoms with Crippen LogP contribution in [0.2, 0.25) is 0 Å². The molecule has 0 spiro atoms. The molecule has 0 aliphatic heterocycles. The van der Waals surface area contributed by atoms with Gasteiger partial charge in [-0.15, -0.1) is 0 Å². The molecule has 0 heterocycles. The normalized spacial score (nSPS) is 11.7. The molecule has 66 valence electrons. The van der Waals surface area contributed by atoms with Crippen molar-refractivity contribution in [3.05, 3.63) is 35.4 Å². The van der Waals surface area contributed by atoms with Crippen LogP contribution in [0.15, 0.2) is 24.3 Å². The first-order valence-corrected chi connectivity index (χ1v) is 3.62. The van der Waals surface area contributed by atoms with E-state index in [2.05, 4.69) is 0 Å². The molecule has 12 heavy (non-hydrogen) atoms. The van der Waals surface area contributed by atoms with Crippen LogP contribution in [0.3, 0.4) is 0 Å². The molecule has 1 nitrogen and oxygen atoms in total. The summed E-state index contributed by atoms with van der Waals surface area (Å²) in [7, 11) is 0. The highest BCUT2D eigenvalue weighted by atomic mass is 19.3. The van der Waals surface area contributed by atoms with Crippen LogP contribution in [-0.2, 0) is 5.92 Å². The molecule has 1 aromatic carbocycles. The van der Waals surface area contributed by atoms with Gasteiger partial charge in [0.25, 0.3) is 5.92 Å². The molecule has 0 saturated heterocycles. The minimum absolute atomic E-state index is 0.134. The number of hydrogen-bond acceptors (Lipinski definition) is 1. The van der Waals surface area contributed by atoms with Crippen molar-refractivity contribution < 1.29 is 13.9 Å². The number of aliphatic hydroxyl groups is 1. The zero-order valence-electron chi connectivity index (χ0n) is 6.72. The Bertz CT molecular complexity index is 271. The third-order valence-electron chi connectivity index (χ3n) is 1.64. The van der Waals surface area contributed by atoms with Gasteiger partial charge < -0.3 is 5.11 Å². The Balaban J connectivity index is 3.03. The maximum absolute atomic E-state index is 12.8. The second-order valence-electron chi connectivity index (χ2n) is 2.73. The fourth-order valence-corrected chi connectivity index (χ4v) is 0.964. The van der Waals surface area contributed by atoms with E-state index < -0.39 is 12.5 Å². The van der Waals surface area contributed by atoms with Crippen LogP contribution in [0.5, 0.6) is 0 Å². The minimum atomic E-state index is -3.12. The second-order valence-corrected chi connectivity index (χ2v) is 2.73. The van der Waals surface area contributed by atoms with Gasteiger partial charge in [0.2, 0.25) is 0 Å². The molecule has 1 N–H and O–H groups in total. The third kappa shape index (κ3) is 1.80. The summed E-state index contributed by atoms with van der Waals surface area (Å²) in [4.78, 5) is 0. The summed E-state index contributed by atoms with van der Waals surface area (Å²) >= 11 is 0. The zero-order chi connectivity index (χ0) is 9.19. The number of aliphatic hydroxyl groups excluding tert-OH is 1.